The Bertz CT molecular complexity index is 1040. The van der Waals surface area contributed by atoms with Gasteiger partial charge in [0.05, 0.1) is 22.2 Å². The summed E-state index contributed by atoms with van der Waals surface area (Å²) < 4.78 is 5.13. The van der Waals surface area contributed by atoms with E-state index < -0.39 is 0 Å². The van der Waals surface area contributed by atoms with Crippen molar-refractivity contribution < 1.29 is 14.0 Å². The molecule has 0 spiro atoms. The van der Waals surface area contributed by atoms with Gasteiger partial charge in [0.15, 0.2) is 5.76 Å². The number of amides is 2. The first-order valence-electron chi connectivity index (χ1n) is 11.0. The predicted molar refractivity (Wildman–Crippen MR) is 127 cm³/mol. The van der Waals surface area contributed by atoms with Crippen molar-refractivity contribution >= 4 is 28.2 Å². The van der Waals surface area contributed by atoms with Crippen LogP contribution in [0.5, 0.6) is 0 Å². The zero-order chi connectivity index (χ0) is 22.5. The van der Waals surface area contributed by atoms with Crippen molar-refractivity contribution in [3.8, 4) is 0 Å². The van der Waals surface area contributed by atoms with Gasteiger partial charge in [0, 0.05) is 6.54 Å². The van der Waals surface area contributed by atoms with E-state index in [1.807, 2.05) is 31.2 Å². The average molecular weight is 452 g/mol. The van der Waals surface area contributed by atoms with E-state index in [4.69, 9.17) is 4.42 Å². The molecule has 1 unspecified atom stereocenters. The number of rotatable bonds is 7. The van der Waals surface area contributed by atoms with Crippen LogP contribution < -0.4 is 10.6 Å². The lowest BCUT2D eigenvalue weighted by molar-refractivity contribution is 0.0915. The number of carbonyl (C=O) groups excluding carboxylic acids is 2. The molecule has 1 atom stereocenters. The van der Waals surface area contributed by atoms with Gasteiger partial charge in [-0.1, -0.05) is 37.3 Å². The molecule has 1 fully saturated rings. The first-order valence-corrected chi connectivity index (χ1v) is 11.9. The molecule has 0 radical (unpaired) electrons. The summed E-state index contributed by atoms with van der Waals surface area (Å²) in [6.45, 7) is 6.81. The van der Waals surface area contributed by atoms with E-state index in [1.165, 1.54) is 36.0 Å². The Morgan fingerprint density at radius 2 is 1.88 bits per heavy atom. The number of hydrogen-bond donors (Lipinski definition) is 2. The molecule has 2 N–H and O–H groups in total. The molecule has 32 heavy (non-hydrogen) atoms. The Morgan fingerprint density at radius 1 is 1.12 bits per heavy atom. The van der Waals surface area contributed by atoms with Gasteiger partial charge in [0.1, 0.15) is 0 Å². The number of furan rings is 1. The molecule has 168 valence electrons. The van der Waals surface area contributed by atoms with Crippen LogP contribution in [-0.4, -0.2) is 36.3 Å². The molecule has 2 amide bonds. The Balaban J connectivity index is 1.43. The second-order valence-electron chi connectivity index (χ2n) is 8.41. The number of nitrogens with one attached hydrogen (secondary N) is 2. The minimum atomic E-state index is -0.327. The molecular formula is C25H29N3O3S. The van der Waals surface area contributed by atoms with Gasteiger partial charge in [-0.05, 0) is 68.1 Å². The fraction of sp³-hybridized carbons (Fsp3) is 0.360. The summed E-state index contributed by atoms with van der Waals surface area (Å²) in [5.74, 6) is 0.549. The Hall–Kier alpha value is -2.90. The Morgan fingerprint density at radius 3 is 2.56 bits per heavy atom. The van der Waals surface area contributed by atoms with Crippen molar-refractivity contribution in [1.29, 1.82) is 0 Å². The maximum atomic E-state index is 13.0. The van der Waals surface area contributed by atoms with Gasteiger partial charge in [-0.25, -0.2) is 0 Å². The van der Waals surface area contributed by atoms with Crippen molar-refractivity contribution in [2.75, 3.05) is 25.0 Å². The van der Waals surface area contributed by atoms with E-state index in [0.717, 1.165) is 24.6 Å². The molecule has 0 bridgehead atoms. The summed E-state index contributed by atoms with van der Waals surface area (Å²) in [5, 5.41) is 6.57. The van der Waals surface area contributed by atoms with Crippen LogP contribution >= 0.6 is 11.3 Å². The van der Waals surface area contributed by atoms with Crippen LogP contribution in [0.1, 0.15) is 57.2 Å². The quantitative estimate of drug-likeness (QED) is 0.524. The number of anilines is 1. The fourth-order valence-electron chi connectivity index (χ4n) is 4.09. The Kier molecular flexibility index (Phi) is 7.07. The summed E-state index contributed by atoms with van der Waals surface area (Å²) in [7, 11) is 0. The molecule has 4 rings (SSSR count). The van der Waals surface area contributed by atoms with E-state index in [2.05, 4.69) is 34.6 Å². The minimum Gasteiger partial charge on any atom is -0.459 e. The van der Waals surface area contributed by atoms with E-state index in [0.29, 0.717) is 16.4 Å². The molecule has 3 heterocycles. The van der Waals surface area contributed by atoms with Crippen LogP contribution in [0.4, 0.5) is 5.00 Å². The molecule has 1 saturated heterocycles. The predicted octanol–water partition coefficient (Wildman–Crippen LogP) is 5.10. The molecule has 1 aromatic carbocycles. The van der Waals surface area contributed by atoms with Crippen molar-refractivity contribution in [1.82, 2.24) is 10.2 Å². The third-order valence-corrected chi connectivity index (χ3v) is 7.16. The number of nitrogens with zero attached hydrogens (tertiary/aromatic N) is 1. The largest absolute Gasteiger partial charge is 0.459 e. The number of piperidine rings is 1. The van der Waals surface area contributed by atoms with Gasteiger partial charge >= 0.3 is 0 Å². The zero-order valence-corrected chi connectivity index (χ0v) is 19.3. The van der Waals surface area contributed by atoms with E-state index in [9.17, 15) is 9.59 Å². The topological polar surface area (TPSA) is 74.6 Å². The normalized spacial score (nSPS) is 15.9. The van der Waals surface area contributed by atoms with Gasteiger partial charge in [-0.3, -0.25) is 14.5 Å². The average Bonchev–Trinajstić information content (AvgIpc) is 3.46. The highest BCUT2D eigenvalue weighted by molar-refractivity contribution is 7.18. The van der Waals surface area contributed by atoms with E-state index in [1.54, 1.807) is 12.1 Å². The van der Waals surface area contributed by atoms with Crippen molar-refractivity contribution in [3.05, 3.63) is 76.6 Å². The molecule has 6 nitrogen and oxygen atoms in total. The molecule has 1 aliphatic rings. The molecule has 3 aromatic rings. The van der Waals surface area contributed by atoms with Crippen LogP contribution in [-0.2, 0) is 0 Å². The SMILES string of the molecule is Cc1cc(NC(=O)c2ccco2)sc1C(=O)NCC(c1ccccc1)N1CCC(C)CC1. The maximum Gasteiger partial charge on any atom is 0.291 e. The van der Waals surface area contributed by atoms with E-state index >= 15 is 0 Å². The van der Waals surface area contributed by atoms with Crippen molar-refractivity contribution in [3.63, 3.8) is 0 Å². The smallest absolute Gasteiger partial charge is 0.291 e. The first-order chi connectivity index (χ1) is 15.5. The summed E-state index contributed by atoms with van der Waals surface area (Å²) in [5.41, 5.74) is 2.06. The lowest BCUT2D eigenvalue weighted by Gasteiger charge is -2.37. The standard InChI is InChI=1S/C25H29N3O3S/c1-17-10-12-28(13-11-17)20(19-7-4-3-5-8-19)16-26-25(30)23-18(2)15-22(32-23)27-24(29)21-9-6-14-31-21/h3-9,14-15,17,20H,10-13,16H2,1-2H3,(H,26,30)(H,27,29). The Labute approximate surface area is 192 Å². The minimum absolute atomic E-state index is 0.114. The molecular weight excluding hydrogens is 422 g/mol. The van der Waals surface area contributed by atoms with Crippen LogP contribution in [0.25, 0.3) is 0 Å². The highest BCUT2D eigenvalue weighted by Crippen LogP contribution is 2.29. The van der Waals surface area contributed by atoms with Gasteiger partial charge in [-0.2, -0.15) is 0 Å². The second-order valence-corrected chi connectivity index (χ2v) is 9.46. The van der Waals surface area contributed by atoms with Crippen molar-refractivity contribution in [2.24, 2.45) is 5.92 Å². The van der Waals surface area contributed by atoms with Crippen molar-refractivity contribution in [2.45, 2.75) is 32.7 Å². The second kappa shape index (κ2) is 10.1. The maximum absolute atomic E-state index is 13.0. The summed E-state index contributed by atoms with van der Waals surface area (Å²) in [4.78, 5) is 28.3. The molecule has 0 saturated carbocycles. The van der Waals surface area contributed by atoms with Gasteiger partial charge < -0.3 is 15.1 Å². The van der Waals surface area contributed by atoms with Gasteiger partial charge in [0.2, 0.25) is 0 Å². The highest BCUT2D eigenvalue weighted by atomic mass is 32.1. The third-order valence-electron chi connectivity index (χ3n) is 6.01. The molecule has 7 heteroatoms. The lowest BCUT2D eigenvalue weighted by atomic mass is 9.95. The van der Waals surface area contributed by atoms with Crippen LogP contribution in [0, 0.1) is 12.8 Å². The highest BCUT2D eigenvalue weighted by Gasteiger charge is 2.26. The lowest BCUT2D eigenvalue weighted by Crippen LogP contribution is -2.41. The third kappa shape index (κ3) is 5.29. The van der Waals surface area contributed by atoms with Crippen LogP contribution in [0.2, 0.25) is 0 Å². The fourth-order valence-corrected chi connectivity index (χ4v) is 5.08. The van der Waals surface area contributed by atoms with Crippen LogP contribution in [0.3, 0.4) is 0 Å². The number of likely N-dealkylation sites (tertiary alicyclic amines) is 1. The monoisotopic (exact) mass is 451 g/mol. The number of thiophene rings is 1. The molecule has 0 aliphatic carbocycles. The zero-order valence-electron chi connectivity index (χ0n) is 18.5. The molecule has 1 aliphatic heterocycles. The van der Waals surface area contributed by atoms with Crippen LogP contribution in [0.15, 0.2) is 59.2 Å². The number of aryl methyl sites for hydroxylation is 1. The summed E-state index contributed by atoms with van der Waals surface area (Å²) in [6, 6.07) is 15.6. The van der Waals surface area contributed by atoms with Gasteiger partial charge in [0.25, 0.3) is 11.8 Å². The first kappa shape index (κ1) is 22.3. The van der Waals surface area contributed by atoms with E-state index in [-0.39, 0.29) is 23.6 Å². The summed E-state index contributed by atoms with van der Waals surface area (Å²) >= 11 is 1.28. The number of hydrogen-bond acceptors (Lipinski definition) is 5. The number of benzene rings is 1. The van der Waals surface area contributed by atoms with Gasteiger partial charge in [-0.15, -0.1) is 11.3 Å². The summed E-state index contributed by atoms with van der Waals surface area (Å²) in [6.07, 6.45) is 3.82. The number of carbonyl (C=O) groups is 2. The molecule has 2 aromatic heterocycles.